The molecule has 0 aliphatic rings. The van der Waals surface area contributed by atoms with E-state index in [1.807, 2.05) is 42.5 Å². The van der Waals surface area contributed by atoms with E-state index in [9.17, 15) is 8.42 Å². The van der Waals surface area contributed by atoms with Gasteiger partial charge in [0.05, 0.1) is 5.75 Å². The maximum atomic E-state index is 12.3. The molecule has 0 aliphatic carbocycles. The van der Waals surface area contributed by atoms with Crippen LogP contribution in [0.25, 0.3) is 16.8 Å². The number of hydrogen-bond acceptors (Lipinski definition) is 2. The Kier molecular flexibility index (Phi) is 4.51. The maximum absolute atomic E-state index is 12.3. The minimum absolute atomic E-state index is 0.0363. The Balaban J connectivity index is 1.87. The average Bonchev–Trinajstić information content (AvgIpc) is 2.55. The molecule has 0 radical (unpaired) electrons. The largest absolute Gasteiger partial charge is 0.224 e. The van der Waals surface area contributed by atoms with Gasteiger partial charge in [0.25, 0.3) is 0 Å². The molecule has 23 heavy (non-hydrogen) atoms. The second-order valence-corrected chi connectivity index (χ2v) is 7.63. The van der Waals surface area contributed by atoms with E-state index in [1.54, 1.807) is 30.3 Å². The number of hydrogen-bond donors (Lipinski definition) is 0. The molecule has 3 aromatic rings. The number of halogens is 1. The molecule has 0 saturated heterocycles. The zero-order valence-corrected chi connectivity index (χ0v) is 13.9. The van der Waals surface area contributed by atoms with Crippen LogP contribution in [0, 0.1) is 0 Å². The van der Waals surface area contributed by atoms with E-state index in [-0.39, 0.29) is 5.75 Å². The maximum Gasteiger partial charge on any atom is 0.175 e. The molecule has 0 bridgehead atoms. The van der Waals surface area contributed by atoms with E-state index in [0.29, 0.717) is 5.02 Å². The second-order valence-electron chi connectivity index (χ2n) is 5.30. The topological polar surface area (TPSA) is 34.1 Å². The van der Waals surface area contributed by atoms with Crippen LogP contribution in [0.4, 0.5) is 0 Å². The predicted octanol–water partition coefficient (Wildman–Crippen LogP) is 5.08. The molecule has 4 heteroatoms. The van der Waals surface area contributed by atoms with E-state index < -0.39 is 9.84 Å². The smallest absolute Gasteiger partial charge is 0.175 e. The fourth-order valence-electron chi connectivity index (χ4n) is 2.43. The molecule has 0 aromatic heterocycles. The lowest BCUT2D eigenvalue weighted by Gasteiger charge is -2.03. The fourth-order valence-corrected chi connectivity index (χ4v) is 3.67. The molecule has 0 N–H and O–H groups in total. The molecule has 0 atom stereocenters. The van der Waals surface area contributed by atoms with Crippen molar-refractivity contribution < 1.29 is 8.42 Å². The molecule has 3 rings (SSSR count). The van der Waals surface area contributed by atoms with Gasteiger partial charge in [-0.2, -0.15) is 0 Å². The Morgan fingerprint density at radius 3 is 2.35 bits per heavy atom. The summed E-state index contributed by atoms with van der Waals surface area (Å²) in [6.45, 7) is 0. The lowest BCUT2D eigenvalue weighted by Crippen LogP contribution is -1.99. The summed E-state index contributed by atoms with van der Waals surface area (Å²) in [7, 11) is -3.34. The van der Waals surface area contributed by atoms with Crippen LogP contribution in [-0.4, -0.2) is 8.42 Å². The van der Waals surface area contributed by atoms with Crippen molar-refractivity contribution in [2.75, 3.05) is 0 Å². The summed E-state index contributed by atoms with van der Waals surface area (Å²) in [5, 5.41) is 4.00. The Bertz CT molecular complexity index is 953. The number of rotatable bonds is 4. The Labute approximate surface area is 141 Å². The van der Waals surface area contributed by atoms with Gasteiger partial charge in [-0.25, -0.2) is 8.42 Å². The Hall–Kier alpha value is -2.10. The van der Waals surface area contributed by atoms with Crippen molar-refractivity contribution in [1.82, 2.24) is 0 Å². The Morgan fingerprint density at radius 1 is 0.870 bits per heavy atom. The van der Waals surface area contributed by atoms with Gasteiger partial charge in [0.1, 0.15) is 0 Å². The molecule has 0 saturated carbocycles. The van der Waals surface area contributed by atoms with Crippen molar-refractivity contribution >= 4 is 38.3 Å². The summed E-state index contributed by atoms with van der Waals surface area (Å²) in [5.41, 5.74) is 1.61. The predicted molar refractivity (Wildman–Crippen MR) is 97.1 cm³/mol. The molecule has 0 fully saturated rings. The summed E-state index contributed by atoms with van der Waals surface area (Å²) >= 11 is 5.82. The molecule has 0 unspecified atom stereocenters. The average molecular weight is 343 g/mol. The fraction of sp³-hybridized carbons (Fsp3) is 0.0526. The van der Waals surface area contributed by atoms with Crippen LogP contribution in [-0.2, 0) is 15.6 Å². The molecular weight excluding hydrogens is 328 g/mol. The van der Waals surface area contributed by atoms with Gasteiger partial charge in [0.2, 0.25) is 0 Å². The third-order valence-electron chi connectivity index (χ3n) is 3.56. The molecule has 116 valence electrons. The van der Waals surface area contributed by atoms with E-state index in [2.05, 4.69) is 0 Å². The van der Waals surface area contributed by atoms with Crippen molar-refractivity contribution in [3.05, 3.63) is 88.3 Å². The molecule has 0 spiro atoms. The first-order chi connectivity index (χ1) is 11.0. The molecule has 0 amide bonds. The van der Waals surface area contributed by atoms with Gasteiger partial charge in [0, 0.05) is 10.4 Å². The summed E-state index contributed by atoms with van der Waals surface area (Å²) in [5.74, 6) is -0.0363. The highest BCUT2D eigenvalue weighted by Gasteiger charge is 2.08. The summed E-state index contributed by atoms with van der Waals surface area (Å²) in [4.78, 5) is 0. The van der Waals surface area contributed by atoms with Gasteiger partial charge < -0.3 is 0 Å². The first-order valence-corrected chi connectivity index (χ1v) is 9.26. The first kappa shape index (κ1) is 15.8. The van der Waals surface area contributed by atoms with Crippen LogP contribution >= 0.6 is 11.6 Å². The van der Waals surface area contributed by atoms with Gasteiger partial charge in [-0.3, -0.25) is 0 Å². The molecule has 0 heterocycles. The summed E-state index contributed by atoms with van der Waals surface area (Å²) in [6, 6.07) is 20.6. The van der Waals surface area contributed by atoms with Gasteiger partial charge in [-0.05, 0) is 40.1 Å². The second kappa shape index (κ2) is 6.57. The highest BCUT2D eigenvalue weighted by Crippen LogP contribution is 2.20. The van der Waals surface area contributed by atoms with Gasteiger partial charge >= 0.3 is 0 Å². The lowest BCUT2D eigenvalue weighted by atomic mass is 10.1. The molecule has 2 nitrogen and oxygen atoms in total. The van der Waals surface area contributed by atoms with Crippen LogP contribution in [0.5, 0.6) is 0 Å². The third-order valence-corrected chi connectivity index (χ3v) is 5.10. The summed E-state index contributed by atoms with van der Waals surface area (Å²) < 4.78 is 24.5. The van der Waals surface area contributed by atoms with Crippen LogP contribution in [0.15, 0.2) is 72.1 Å². The van der Waals surface area contributed by atoms with E-state index in [1.165, 1.54) is 5.41 Å². The van der Waals surface area contributed by atoms with E-state index >= 15 is 0 Å². The molecular formula is C19H15ClO2S. The Morgan fingerprint density at radius 2 is 1.57 bits per heavy atom. The van der Waals surface area contributed by atoms with Gasteiger partial charge in [-0.1, -0.05) is 66.2 Å². The van der Waals surface area contributed by atoms with Gasteiger partial charge in [0.15, 0.2) is 9.84 Å². The zero-order chi connectivity index (χ0) is 16.3. The lowest BCUT2D eigenvalue weighted by molar-refractivity contribution is 0.604. The van der Waals surface area contributed by atoms with Gasteiger partial charge in [-0.15, -0.1) is 0 Å². The van der Waals surface area contributed by atoms with E-state index in [0.717, 1.165) is 21.9 Å². The zero-order valence-electron chi connectivity index (χ0n) is 12.3. The third kappa shape index (κ3) is 4.01. The van der Waals surface area contributed by atoms with Crippen LogP contribution in [0.1, 0.15) is 11.1 Å². The van der Waals surface area contributed by atoms with Crippen molar-refractivity contribution in [2.45, 2.75) is 5.75 Å². The van der Waals surface area contributed by atoms with Crippen LogP contribution in [0.2, 0.25) is 5.02 Å². The minimum Gasteiger partial charge on any atom is -0.224 e. The van der Waals surface area contributed by atoms with Crippen molar-refractivity contribution in [3.63, 3.8) is 0 Å². The normalized spacial score (nSPS) is 12.0. The van der Waals surface area contributed by atoms with Crippen LogP contribution in [0.3, 0.4) is 0 Å². The highest BCUT2D eigenvalue weighted by molar-refractivity contribution is 7.93. The first-order valence-electron chi connectivity index (χ1n) is 7.16. The molecule has 3 aromatic carbocycles. The van der Waals surface area contributed by atoms with E-state index in [4.69, 9.17) is 11.6 Å². The quantitative estimate of drug-likeness (QED) is 0.662. The standard InChI is InChI=1S/C19H15ClO2S/c20-18-10-8-15(9-11-18)14-23(21,22)13-12-17-6-3-5-16-4-1-2-7-19(16)17/h1-13H,14H2. The van der Waals surface area contributed by atoms with Crippen molar-refractivity contribution in [1.29, 1.82) is 0 Å². The number of sulfone groups is 1. The van der Waals surface area contributed by atoms with Crippen molar-refractivity contribution in [2.24, 2.45) is 0 Å². The highest BCUT2D eigenvalue weighted by atomic mass is 35.5. The number of fused-ring (bicyclic) bond motifs is 1. The number of benzene rings is 3. The van der Waals surface area contributed by atoms with Crippen LogP contribution < -0.4 is 0 Å². The monoisotopic (exact) mass is 342 g/mol. The summed E-state index contributed by atoms with van der Waals surface area (Å²) in [6.07, 6.45) is 1.66. The minimum atomic E-state index is -3.34. The SMILES string of the molecule is O=S(=O)(C=Cc1cccc2ccccc12)Cc1ccc(Cl)cc1. The molecule has 0 aliphatic heterocycles. The van der Waals surface area contributed by atoms with Crippen molar-refractivity contribution in [3.8, 4) is 0 Å².